The van der Waals surface area contributed by atoms with Crippen LogP contribution in [0.1, 0.15) is 23.2 Å². The third-order valence-corrected chi connectivity index (χ3v) is 4.23. The van der Waals surface area contributed by atoms with Gasteiger partial charge < -0.3 is 15.4 Å². The lowest BCUT2D eigenvalue weighted by atomic mass is 10.0. The highest BCUT2D eigenvalue weighted by Crippen LogP contribution is 2.47. The van der Waals surface area contributed by atoms with Crippen LogP contribution in [0.4, 0.5) is 11.4 Å². The molecule has 0 heterocycles. The number of para-hydroxylation sites is 2. The normalized spacial score (nSPS) is 14.3. The molecule has 1 fully saturated rings. The van der Waals surface area contributed by atoms with Crippen LogP contribution < -0.4 is 10.6 Å². The van der Waals surface area contributed by atoms with Crippen molar-refractivity contribution < 1.29 is 19.1 Å². The van der Waals surface area contributed by atoms with Crippen LogP contribution in [0.5, 0.6) is 0 Å². The van der Waals surface area contributed by atoms with E-state index in [0.717, 1.165) is 0 Å². The van der Waals surface area contributed by atoms with Crippen molar-refractivity contribution in [3.05, 3.63) is 60.2 Å². The summed E-state index contributed by atoms with van der Waals surface area (Å²) in [6.07, 6.45) is 0.940. The zero-order valence-electron chi connectivity index (χ0n) is 13.7. The highest BCUT2D eigenvalue weighted by molar-refractivity contribution is 6.17. The second kappa shape index (κ2) is 6.76. The fourth-order valence-corrected chi connectivity index (χ4v) is 2.58. The molecule has 1 saturated carbocycles. The molecule has 128 valence electrons. The standard InChI is InChI=1S/C19H18N2O4/c1-25-16(22)14-9-5-6-10-15(14)21-18(24)19(11-12-19)17(23)20-13-7-3-2-4-8-13/h2-10H,11-12H2,1H3,(H,20,23)(H,21,24). The largest absolute Gasteiger partial charge is 0.465 e. The Morgan fingerprint density at radius 3 is 2.12 bits per heavy atom. The summed E-state index contributed by atoms with van der Waals surface area (Å²) in [4.78, 5) is 37.0. The second-order valence-electron chi connectivity index (χ2n) is 5.89. The van der Waals surface area contributed by atoms with E-state index in [-0.39, 0.29) is 11.5 Å². The van der Waals surface area contributed by atoms with E-state index in [1.165, 1.54) is 7.11 Å². The van der Waals surface area contributed by atoms with Crippen LogP contribution in [-0.4, -0.2) is 24.9 Å². The summed E-state index contributed by atoms with van der Waals surface area (Å²) < 4.78 is 4.72. The van der Waals surface area contributed by atoms with Gasteiger partial charge in [0.25, 0.3) is 0 Å². The van der Waals surface area contributed by atoms with Crippen LogP contribution >= 0.6 is 0 Å². The molecule has 1 aliphatic rings. The van der Waals surface area contributed by atoms with Crippen molar-refractivity contribution in [1.82, 2.24) is 0 Å². The highest BCUT2D eigenvalue weighted by Gasteiger charge is 2.56. The number of carbonyl (C=O) groups is 3. The van der Waals surface area contributed by atoms with Gasteiger partial charge in [0.2, 0.25) is 11.8 Å². The Bertz CT molecular complexity index is 813. The zero-order valence-corrected chi connectivity index (χ0v) is 13.7. The summed E-state index contributed by atoms with van der Waals surface area (Å²) in [5.41, 5.74) is 0.122. The maximum absolute atomic E-state index is 12.7. The van der Waals surface area contributed by atoms with Gasteiger partial charge in [0.1, 0.15) is 5.41 Å². The fourth-order valence-electron chi connectivity index (χ4n) is 2.58. The summed E-state index contributed by atoms with van der Waals surface area (Å²) >= 11 is 0. The Labute approximate surface area is 145 Å². The number of hydrogen-bond donors (Lipinski definition) is 2. The fraction of sp³-hybridized carbons (Fsp3) is 0.211. The van der Waals surface area contributed by atoms with Gasteiger partial charge in [0.05, 0.1) is 18.4 Å². The Morgan fingerprint density at radius 1 is 0.880 bits per heavy atom. The SMILES string of the molecule is COC(=O)c1ccccc1NC(=O)C1(C(=O)Nc2ccccc2)CC1. The van der Waals surface area contributed by atoms with Gasteiger partial charge in [-0.25, -0.2) is 4.79 Å². The summed E-state index contributed by atoms with van der Waals surface area (Å²) in [5, 5.41) is 5.46. The van der Waals surface area contributed by atoms with Crippen molar-refractivity contribution in [3.63, 3.8) is 0 Å². The average molecular weight is 338 g/mol. The summed E-state index contributed by atoms with van der Waals surface area (Å²) in [6.45, 7) is 0. The molecule has 0 radical (unpaired) electrons. The van der Waals surface area contributed by atoms with Gasteiger partial charge in [-0.2, -0.15) is 0 Å². The predicted molar refractivity (Wildman–Crippen MR) is 93.1 cm³/mol. The quantitative estimate of drug-likeness (QED) is 0.648. The first kappa shape index (κ1) is 16.7. The first-order valence-electron chi connectivity index (χ1n) is 7.92. The number of methoxy groups -OCH3 is 1. The number of carbonyl (C=O) groups excluding carboxylic acids is 3. The Morgan fingerprint density at radius 2 is 1.48 bits per heavy atom. The molecule has 0 aliphatic heterocycles. The van der Waals surface area contributed by atoms with E-state index in [0.29, 0.717) is 24.2 Å². The van der Waals surface area contributed by atoms with E-state index in [1.807, 2.05) is 18.2 Å². The number of benzene rings is 2. The van der Waals surface area contributed by atoms with Crippen LogP contribution in [-0.2, 0) is 14.3 Å². The van der Waals surface area contributed by atoms with Crippen LogP contribution in [0.15, 0.2) is 54.6 Å². The summed E-state index contributed by atoms with van der Waals surface area (Å²) in [6, 6.07) is 15.5. The lowest BCUT2D eigenvalue weighted by molar-refractivity contribution is -0.131. The molecule has 0 saturated heterocycles. The first-order chi connectivity index (χ1) is 12.1. The molecule has 0 spiro atoms. The van der Waals surface area contributed by atoms with Crippen molar-refractivity contribution >= 4 is 29.2 Å². The number of nitrogens with one attached hydrogen (secondary N) is 2. The van der Waals surface area contributed by atoms with Crippen LogP contribution in [0.2, 0.25) is 0 Å². The first-order valence-corrected chi connectivity index (χ1v) is 7.92. The van der Waals surface area contributed by atoms with Gasteiger partial charge in [-0.15, -0.1) is 0 Å². The monoisotopic (exact) mass is 338 g/mol. The summed E-state index contributed by atoms with van der Waals surface area (Å²) in [5.74, 6) is -1.31. The Balaban J connectivity index is 1.75. The van der Waals surface area contributed by atoms with E-state index in [1.54, 1.807) is 36.4 Å². The Hall–Kier alpha value is -3.15. The lowest BCUT2D eigenvalue weighted by Crippen LogP contribution is -2.36. The van der Waals surface area contributed by atoms with Crippen molar-refractivity contribution in [1.29, 1.82) is 0 Å². The summed E-state index contributed by atoms with van der Waals surface area (Å²) in [7, 11) is 1.27. The molecule has 1 aliphatic carbocycles. The molecule has 6 heteroatoms. The predicted octanol–water partition coefficient (Wildman–Crippen LogP) is 2.83. The number of ether oxygens (including phenoxy) is 1. The topological polar surface area (TPSA) is 84.5 Å². The van der Waals surface area contributed by atoms with Gasteiger partial charge in [0.15, 0.2) is 0 Å². The molecule has 0 bridgehead atoms. The number of hydrogen-bond acceptors (Lipinski definition) is 4. The van der Waals surface area contributed by atoms with Crippen molar-refractivity contribution in [2.24, 2.45) is 5.41 Å². The van der Waals surface area contributed by atoms with E-state index in [9.17, 15) is 14.4 Å². The minimum Gasteiger partial charge on any atom is -0.465 e. The van der Waals surface area contributed by atoms with Crippen molar-refractivity contribution in [3.8, 4) is 0 Å². The third-order valence-electron chi connectivity index (χ3n) is 4.23. The molecule has 25 heavy (non-hydrogen) atoms. The number of amides is 2. The van der Waals surface area contributed by atoms with E-state index >= 15 is 0 Å². The number of esters is 1. The third kappa shape index (κ3) is 3.38. The minimum atomic E-state index is -1.10. The second-order valence-corrected chi connectivity index (χ2v) is 5.89. The van der Waals surface area contributed by atoms with Crippen LogP contribution in [0.25, 0.3) is 0 Å². The maximum Gasteiger partial charge on any atom is 0.339 e. The molecule has 2 N–H and O–H groups in total. The Kier molecular flexibility index (Phi) is 4.52. The zero-order chi connectivity index (χ0) is 17.9. The van der Waals surface area contributed by atoms with Gasteiger partial charge in [-0.3, -0.25) is 9.59 Å². The molecule has 2 aromatic rings. The van der Waals surface area contributed by atoms with E-state index < -0.39 is 17.3 Å². The molecule has 6 nitrogen and oxygen atoms in total. The maximum atomic E-state index is 12.7. The molecular formula is C19H18N2O4. The number of rotatable bonds is 5. The van der Waals surface area contributed by atoms with Gasteiger partial charge in [-0.1, -0.05) is 30.3 Å². The van der Waals surface area contributed by atoms with Crippen molar-refractivity contribution in [2.45, 2.75) is 12.8 Å². The van der Waals surface area contributed by atoms with E-state index in [4.69, 9.17) is 4.74 Å². The smallest absolute Gasteiger partial charge is 0.339 e. The van der Waals surface area contributed by atoms with Gasteiger partial charge in [-0.05, 0) is 37.1 Å². The minimum absolute atomic E-state index is 0.248. The molecule has 3 rings (SSSR count). The van der Waals surface area contributed by atoms with Crippen molar-refractivity contribution in [2.75, 3.05) is 17.7 Å². The molecule has 2 aromatic carbocycles. The molecule has 0 unspecified atom stereocenters. The average Bonchev–Trinajstić information content (AvgIpc) is 3.44. The molecular weight excluding hydrogens is 320 g/mol. The highest BCUT2D eigenvalue weighted by atomic mass is 16.5. The molecule has 0 atom stereocenters. The molecule has 2 amide bonds. The lowest BCUT2D eigenvalue weighted by Gasteiger charge is -2.16. The van der Waals surface area contributed by atoms with Crippen LogP contribution in [0.3, 0.4) is 0 Å². The van der Waals surface area contributed by atoms with Gasteiger partial charge >= 0.3 is 5.97 Å². The molecule has 0 aromatic heterocycles. The number of anilines is 2. The van der Waals surface area contributed by atoms with E-state index in [2.05, 4.69) is 10.6 Å². The van der Waals surface area contributed by atoms with Crippen LogP contribution in [0, 0.1) is 5.41 Å². The van der Waals surface area contributed by atoms with Gasteiger partial charge in [0, 0.05) is 5.69 Å².